The Hall–Kier alpha value is 0.440. The molecule has 0 bridgehead atoms. The Morgan fingerprint density at radius 3 is 2.75 bits per heavy atom. The maximum absolute atomic E-state index is 11.8. The molecule has 0 radical (unpaired) electrons. The number of halogens is 1. The van der Waals surface area contributed by atoms with Gasteiger partial charge in [-0.25, -0.2) is 13.1 Å². The molecule has 0 unspecified atom stereocenters. The number of rotatable bonds is 6. The summed E-state index contributed by atoms with van der Waals surface area (Å²) in [5.74, 6) is 0.968. The van der Waals surface area contributed by atoms with Gasteiger partial charge in [-0.3, -0.25) is 0 Å². The lowest BCUT2D eigenvalue weighted by Crippen LogP contribution is -2.24. The van der Waals surface area contributed by atoms with E-state index in [1.807, 2.05) is 13.2 Å². The van der Waals surface area contributed by atoms with Crippen molar-refractivity contribution in [3.05, 3.63) is 15.4 Å². The minimum absolute atomic E-state index is 0.376. The first kappa shape index (κ1) is 14.5. The second kappa shape index (κ2) is 6.39. The van der Waals surface area contributed by atoms with Crippen molar-refractivity contribution in [2.75, 3.05) is 18.6 Å². The summed E-state index contributed by atoms with van der Waals surface area (Å²) in [5, 5.41) is 0. The van der Waals surface area contributed by atoms with Gasteiger partial charge in [0.05, 0.1) is 3.79 Å². The maximum Gasteiger partial charge on any atom is 0.250 e. The molecule has 92 valence electrons. The van der Waals surface area contributed by atoms with Gasteiger partial charge in [-0.2, -0.15) is 11.8 Å². The Kier molecular flexibility index (Phi) is 5.79. The van der Waals surface area contributed by atoms with E-state index in [4.69, 9.17) is 0 Å². The predicted octanol–water partition coefficient (Wildman–Crippen LogP) is 2.85. The number of thiophene rings is 1. The van der Waals surface area contributed by atoms with Crippen LogP contribution in [0.1, 0.15) is 12.0 Å². The van der Waals surface area contributed by atoms with Crippen molar-refractivity contribution >= 4 is 49.1 Å². The van der Waals surface area contributed by atoms with Crippen LogP contribution in [0.2, 0.25) is 0 Å². The fourth-order valence-corrected chi connectivity index (χ4v) is 4.84. The lowest BCUT2D eigenvalue weighted by molar-refractivity contribution is 0.583. The first-order valence-electron chi connectivity index (χ1n) is 4.72. The van der Waals surface area contributed by atoms with Crippen LogP contribution >= 0.6 is 39.0 Å². The Morgan fingerprint density at radius 2 is 2.25 bits per heavy atom. The van der Waals surface area contributed by atoms with Gasteiger partial charge in [0.1, 0.15) is 4.21 Å². The van der Waals surface area contributed by atoms with Gasteiger partial charge in [0.25, 0.3) is 0 Å². The number of thioether (sulfide) groups is 1. The molecule has 1 heterocycles. The molecule has 0 saturated carbocycles. The first-order valence-corrected chi connectivity index (χ1v) is 9.20. The van der Waals surface area contributed by atoms with E-state index >= 15 is 0 Å². The number of nitrogens with one attached hydrogen (secondary N) is 1. The van der Waals surface area contributed by atoms with Gasteiger partial charge in [-0.15, -0.1) is 11.3 Å². The molecule has 0 amide bonds. The molecule has 0 fully saturated rings. The van der Waals surface area contributed by atoms with Gasteiger partial charge < -0.3 is 0 Å². The van der Waals surface area contributed by atoms with E-state index in [1.54, 1.807) is 17.8 Å². The van der Waals surface area contributed by atoms with Crippen molar-refractivity contribution in [3.63, 3.8) is 0 Å². The molecule has 7 heteroatoms. The lowest BCUT2D eigenvalue weighted by Gasteiger charge is -2.03. The van der Waals surface area contributed by atoms with Crippen LogP contribution < -0.4 is 4.72 Å². The van der Waals surface area contributed by atoms with Gasteiger partial charge in [-0.05, 0) is 52.9 Å². The highest BCUT2D eigenvalue weighted by Crippen LogP contribution is 2.30. The zero-order valence-electron chi connectivity index (χ0n) is 9.12. The van der Waals surface area contributed by atoms with Gasteiger partial charge in [0.2, 0.25) is 10.0 Å². The van der Waals surface area contributed by atoms with Crippen molar-refractivity contribution in [1.29, 1.82) is 0 Å². The highest BCUT2D eigenvalue weighted by atomic mass is 79.9. The number of aryl methyl sites for hydroxylation is 1. The third-order valence-electron chi connectivity index (χ3n) is 1.92. The van der Waals surface area contributed by atoms with Crippen molar-refractivity contribution in [3.8, 4) is 0 Å². The Balaban J connectivity index is 2.64. The zero-order chi connectivity index (χ0) is 12.2. The molecule has 1 aromatic rings. The Bertz CT molecular complexity index is 422. The molecule has 0 spiro atoms. The summed E-state index contributed by atoms with van der Waals surface area (Å²) in [4.78, 5) is 0. The van der Waals surface area contributed by atoms with Crippen molar-refractivity contribution in [2.45, 2.75) is 17.6 Å². The van der Waals surface area contributed by atoms with Crippen LogP contribution in [-0.4, -0.2) is 27.0 Å². The summed E-state index contributed by atoms with van der Waals surface area (Å²) in [6, 6.07) is 1.69. The van der Waals surface area contributed by atoms with E-state index in [0.29, 0.717) is 10.8 Å². The highest BCUT2D eigenvalue weighted by molar-refractivity contribution is 9.11. The van der Waals surface area contributed by atoms with Crippen LogP contribution in [0.3, 0.4) is 0 Å². The van der Waals surface area contributed by atoms with Crippen molar-refractivity contribution in [2.24, 2.45) is 0 Å². The van der Waals surface area contributed by atoms with Gasteiger partial charge in [0, 0.05) is 6.54 Å². The molecule has 0 atom stereocenters. The lowest BCUT2D eigenvalue weighted by atomic mass is 10.4. The van der Waals surface area contributed by atoms with Gasteiger partial charge in [-0.1, -0.05) is 0 Å². The van der Waals surface area contributed by atoms with Crippen LogP contribution in [0.4, 0.5) is 0 Å². The molecular weight excluding hydrogens is 330 g/mol. The predicted molar refractivity (Wildman–Crippen MR) is 74.9 cm³/mol. The third-order valence-corrected chi connectivity index (χ3v) is 6.68. The highest BCUT2D eigenvalue weighted by Gasteiger charge is 2.17. The number of hydrogen-bond acceptors (Lipinski definition) is 4. The van der Waals surface area contributed by atoms with E-state index in [2.05, 4.69) is 20.7 Å². The standard InChI is InChI=1S/C9H14BrNO2S3/c1-7-6-8(15-9(7)10)16(12,13)11-4-3-5-14-2/h6,11H,3-5H2,1-2H3. The van der Waals surface area contributed by atoms with Crippen LogP contribution in [0.15, 0.2) is 14.1 Å². The fourth-order valence-electron chi connectivity index (χ4n) is 1.06. The summed E-state index contributed by atoms with van der Waals surface area (Å²) in [6.45, 7) is 2.38. The number of sulfonamides is 1. The van der Waals surface area contributed by atoms with E-state index in [9.17, 15) is 8.42 Å². The molecule has 0 aliphatic carbocycles. The summed E-state index contributed by atoms with van der Waals surface area (Å²) in [5.41, 5.74) is 0.953. The maximum atomic E-state index is 11.8. The SMILES string of the molecule is CSCCCNS(=O)(=O)c1cc(C)c(Br)s1. The summed E-state index contributed by atoms with van der Waals surface area (Å²) in [7, 11) is -3.31. The first-order chi connectivity index (χ1) is 7.47. The zero-order valence-corrected chi connectivity index (χ0v) is 13.2. The summed E-state index contributed by atoms with van der Waals surface area (Å²) in [6.07, 6.45) is 2.86. The quantitative estimate of drug-likeness (QED) is 0.807. The summed E-state index contributed by atoms with van der Waals surface area (Å²) < 4.78 is 27.5. The van der Waals surface area contributed by atoms with Crippen LogP contribution in [0, 0.1) is 6.92 Å². The molecule has 3 nitrogen and oxygen atoms in total. The van der Waals surface area contributed by atoms with Crippen molar-refractivity contribution < 1.29 is 8.42 Å². The van der Waals surface area contributed by atoms with Crippen LogP contribution in [-0.2, 0) is 10.0 Å². The average molecular weight is 344 g/mol. The van der Waals surface area contributed by atoms with Crippen LogP contribution in [0.25, 0.3) is 0 Å². The second-order valence-corrected chi connectivity index (χ2v) is 8.62. The minimum Gasteiger partial charge on any atom is -0.210 e. The smallest absolute Gasteiger partial charge is 0.210 e. The molecule has 0 saturated heterocycles. The third kappa shape index (κ3) is 4.03. The topological polar surface area (TPSA) is 46.2 Å². The van der Waals surface area contributed by atoms with Gasteiger partial charge in [0.15, 0.2) is 0 Å². The molecule has 1 aromatic heterocycles. The Labute approximate surface area is 113 Å². The minimum atomic E-state index is -3.31. The van der Waals surface area contributed by atoms with E-state index in [1.165, 1.54) is 11.3 Å². The molecule has 1 rings (SSSR count). The summed E-state index contributed by atoms with van der Waals surface area (Å²) >= 11 is 6.29. The molecule has 0 aliphatic rings. The molecule has 0 aliphatic heterocycles. The van der Waals surface area contributed by atoms with E-state index in [-0.39, 0.29) is 0 Å². The van der Waals surface area contributed by atoms with E-state index < -0.39 is 10.0 Å². The molecule has 1 N–H and O–H groups in total. The fraction of sp³-hybridized carbons (Fsp3) is 0.556. The van der Waals surface area contributed by atoms with Crippen molar-refractivity contribution in [1.82, 2.24) is 4.72 Å². The number of hydrogen-bond donors (Lipinski definition) is 1. The largest absolute Gasteiger partial charge is 0.250 e. The van der Waals surface area contributed by atoms with Crippen LogP contribution in [0.5, 0.6) is 0 Å². The molecule has 16 heavy (non-hydrogen) atoms. The normalized spacial score (nSPS) is 11.9. The second-order valence-electron chi connectivity index (χ2n) is 3.27. The average Bonchev–Trinajstić information content (AvgIpc) is 2.55. The molecule has 0 aromatic carbocycles. The van der Waals surface area contributed by atoms with Gasteiger partial charge >= 0.3 is 0 Å². The van der Waals surface area contributed by atoms with E-state index in [0.717, 1.165) is 21.5 Å². The Morgan fingerprint density at radius 1 is 1.56 bits per heavy atom. The molecular formula is C9H14BrNO2S3. The monoisotopic (exact) mass is 343 g/mol.